The van der Waals surface area contributed by atoms with E-state index in [1.165, 1.54) is 16.6 Å². The fraction of sp³-hybridized carbons (Fsp3) is 0.600. The minimum Gasteiger partial charge on any atom is -0.381 e. The van der Waals surface area contributed by atoms with E-state index in [2.05, 4.69) is 33.0 Å². The van der Waals surface area contributed by atoms with Crippen molar-refractivity contribution in [3.63, 3.8) is 0 Å². The van der Waals surface area contributed by atoms with E-state index in [1.807, 2.05) is 4.90 Å². The third-order valence-corrected chi connectivity index (χ3v) is 5.97. The monoisotopic (exact) mass is 367 g/mol. The number of nitrogens with zero attached hydrogens (tertiary/aromatic N) is 5. The van der Waals surface area contributed by atoms with E-state index in [-0.39, 0.29) is 11.9 Å². The molecule has 0 unspecified atom stereocenters. The molecule has 130 valence electrons. The third-order valence-electron chi connectivity index (χ3n) is 4.04. The Bertz CT molecular complexity index is 640. The minimum atomic E-state index is 0.145. The van der Waals surface area contributed by atoms with E-state index >= 15 is 0 Å². The first-order chi connectivity index (χ1) is 11.7. The largest absolute Gasteiger partial charge is 0.381 e. The summed E-state index contributed by atoms with van der Waals surface area (Å²) >= 11 is 3.12. The zero-order valence-electron chi connectivity index (χ0n) is 13.6. The van der Waals surface area contributed by atoms with E-state index in [4.69, 9.17) is 4.74 Å². The molecule has 0 aliphatic carbocycles. The normalized spacial score (nSPS) is 15.5. The second-order valence-corrected chi connectivity index (χ2v) is 7.61. The van der Waals surface area contributed by atoms with Crippen molar-refractivity contribution in [1.29, 1.82) is 0 Å². The van der Waals surface area contributed by atoms with Gasteiger partial charge >= 0.3 is 0 Å². The summed E-state index contributed by atoms with van der Waals surface area (Å²) in [5.41, 5.74) is 0. The smallest absolute Gasteiger partial charge is 0.233 e. The van der Waals surface area contributed by atoms with Crippen molar-refractivity contribution < 1.29 is 9.53 Å². The molecule has 3 heterocycles. The first-order valence-corrected chi connectivity index (χ1v) is 9.85. The van der Waals surface area contributed by atoms with E-state index in [9.17, 15) is 4.79 Å². The zero-order valence-corrected chi connectivity index (χ0v) is 15.3. The van der Waals surface area contributed by atoms with E-state index in [0.717, 1.165) is 39.0 Å². The van der Waals surface area contributed by atoms with Crippen LogP contribution >= 0.6 is 23.1 Å². The molecule has 2 aromatic heterocycles. The van der Waals surface area contributed by atoms with Crippen molar-refractivity contribution >= 4 is 29.0 Å². The van der Waals surface area contributed by atoms with Gasteiger partial charge in [0.15, 0.2) is 0 Å². The molecule has 0 bridgehead atoms. The van der Waals surface area contributed by atoms with Gasteiger partial charge in [-0.25, -0.2) is 4.68 Å². The molecule has 7 nitrogen and oxygen atoms in total. The molecule has 0 atom stereocenters. The van der Waals surface area contributed by atoms with Gasteiger partial charge in [-0.1, -0.05) is 17.8 Å². The lowest BCUT2D eigenvalue weighted by atomic mass is 10.1. The van der Waals surface area contributed by atoms with Gasteiger partial charge in [0.25, 0.3) is 0 Å². The predicted octanol–water partition coefficient (Wildman–Crippen LogP) is 1.61. The van der Waals surface area contributed by atoms with E-state index in [0.29, 0.717) is 10.9 Å². The summed E-state index contributed by atoms with van der Waals surface area (Å²) in [5.74, 6) is 0.502. The summed E-state index contributed by atoms with van der Waals surface area (Å²) in [5, 5.41) is 14.1. The first-order valence-electron chi connectivity index (χ1n) is 7.99. The average Bonchev–Trinajstić information content (AvgIpc) is 3.26. The van der Waals surface area contributed by atoms with Crippen LogP contribution in [0.5, 0.6) is 0 Å². The lowest BCUT2D eigenvalue weighted by Crippen LogP contribution is -2.45. The van der Waals surface area contributed by atoms with Gasteiger partial charge in [0.05, 0.1) is 5.75 Å². The van der Waals surface area contributed by atoms with Crippen LogP contribution in [0.25, 0.3) is 0 Å². The van der Waals surface area contributed by atoms with Crippen LogP contribution in [0.3, 0.4) is 0 Å². The standard InChI is InChI=1S/C15H21N5O2S2/c1-19-15(16-17-18-19)24-11-14(21)20(12-5-8-22-9-6-12)7-4-13-3-2-10-23-13/h2-3,10,12H,4-9,11H2,1H3. The second kappa shape index (κ2) is 8.59. The highest BCUT2D eigenvalue weighted by Gasteiger charge is 2.26. The molecule has 3 rings (SSSR count). The minimum absolute atomic E-state index is 0.145. The van der Waals surface area contributed by atoms with Gasteiger partial charge in [0, 0.05) is 37.7 Å². The fourth-order valence-corrected chi connectivity index (χ4v) is 4.18. The molecule has 24 heavy (non-hydrogen) atoms. The molecular formula is C15H21N5O2S2. The maximum Gasteiger partial charge on any atom is 0.233 e. The van der Waals surface area contributed by atoms with E-state index in [1.54, 1.807) is 23.1 Å². The Morgan fingerprint density at radius 2 is 2.33 bits per heavy atom. The number of tetrazole rings is 1. The number of thioether (sulfide) groups is 1. The van der Waals surface area contributed by atoms with Crippen LogP contribution < -0.4 is 0 Å². The van der Waals surface area contributed by atoms with Crippen molar-refractivity contribution in [3.8, 4) is 0 Å². The number of aromatic nitrogens is 4. The lowest BCUT2D eigenvalue weighted by molar-refractivity contribution is -0.132. The maximum absolute atomic E-state index is 12.8. The molecule has 1 amide bonds. The number of aryl methyl sites for hydroxylation is 1. The highest BCUT2D eigenvalue weighted by molar-refractivity contribution is 7.99. The van der Waals surface area contributed by atoms with Gasteiger partial charge in [-0.2, -0.15) is 0 Å². The van der Waals surface area contributed by atoms with Gasteiger partial charge in [-0.3, -0.25) is 4.79 Å². The molecule has 1 aliphatic heterocycles. The van der Waals surface area contributed by atoms with Crippen molar-refractivity contribution in [3.05, 3.63) is 22.4 Å². The Kier molecular flexibility index (Phi) is 6.22. The highest BCUT2D eigenvalue weighted by Crippen LogP contribution is 2.20. The van der Waals surface area contributed by atoms with Crippen molar-refractivity contribution in [2.45, 2.75) is 30.5 Å². The zero-order chi connectivity index (χ0) is 16.8. The lowest BCUT2D eigenvalue weighted by Gasteiger charge is -2.34. The number of thiophene rings is 1. The topological polar surface area (TPSA) is 73.1 Å². The van der Waals surface area contributed by atoms with Gasteiger partial charge in [0.2, 0.25) is 11.1 Å². The van der Waals surface area contributed by atoms with Crippen molar-refractivity contribution in [2.24, 2.45) is 7.05 Å². The summed E-state index contributed by atoms with van der Waals surface area (Å²) in [4.78, 5) is 16.1. The summed E-state index contributed by atoms with van der Waals surface area (Å²) in [6.07, 6.45) is 2.72. The molecule has 0 N–H and O–H groups in total. The van der Waals surface area contributed by atoms with Crippen LogP contribution in [0.2, 0.25) is 0 Å². The Hall–Kier alpha value is -1.45. The number of amides is 1. The first kappa shape index (κ1) is 17.4. The number of carbonyl (C=O) groups excluding carboxylic acids is 1. The van der Waals surface area contributed by atoms with Crippen LogP contribution in [0.15, 0.2) is 22.7 Å². The summed E-state index contributed by atoms with van der Waals surface area (Å²) in [6, 6.07) is 4.44. The molecule has 1 fully saturated rings. The van der Waals surface area contributed by atoms with Gasteiger partial charge in [0.1, 0.15) is 0 Å². The van der Waals surface area contributed by atoms with Gasteiger partial charge < -0.3 is 9.64 Å². The summed E-state index contributed by atoms with van der Waals surface area (Å²) in [7, 11) is 1.78. The van der Waals surface area contributed by atoms with Crippen molar-refractivity contribution in [1.82, 2.24) is 25.1 Å². The van der Waals surface area contributed by atoms with E-state index < -0.39 is 0 Å². The quantitative estimate of drug-likeness (QED) is 0.693. The molecule has 1 aliphatic rings. The Morgan fingerprint density at radius 1 is 1.50 bits per heavy atom. The predicted molar refractivity (Wildman–Crippen MR) is 93.1 cm³/mol. The van der Waals surface area contributed by atoms with Gasteiger partial charge in [-0.05, 0) is 41.1 Å². The number of ether oxygens (including phenoxy) is 1. The van der Waals surface area contributed by atoms with Gasteiger partial charge in [-0.15, -0.1) is 16.4 Å². The van der Waals surface area contributed by atoms with Crippen LogP contribution in [0.4, 0.5) is 0 Å². The average molecular weight is 368 g/mol. The summed E-state index contributed by atoms with van der Waals surface area (Å²) < 4.78 is 7.03. The van der Waals surface area contributed by atoms with Crippen molar-refractivity contribution in [2.75, 3.05) is 25.5 Å². The van der Waals surface area contributed by atoms with Crippen LogP contribution in [-0.4, -0.2) is 62.6 Å². The molecular weight excluding hydrogens is 346 g/mol. The van der Waals surface area contributed by atoms with Crippen LogP contribution in [0, 0.1) is 0 Å². The third kappa shape index (κ3) is 4.55. The molecule has 0 radical (unpaired) electrons. The number of rotatable bonds is 7. The van der Waals surface area contributed by atoms with Crippen LogP contribution in [-0.2, 0) is 23.0 Å². The SMILES string of the molecule is Cn1nnnc1SCC(=O)N(CCc1cccs1)C1CCOCC1. The molecule has 0 aromatic carbocycles. The fourth-order valence-electron chi connectivity index (χ4n) is 2.75. The summed E-state index contributed by atoms with van der Waals surface area (Å²) in [6.45, 7) is 2.21. The molecule has 2 aromatic rings. The molecule has 0 saturated carbocycles. The number of hydrogen-bond donors (Lipinski definition) is 0. The Balaban J connectivity index is 1.60. The molecule has 1 saturated heterocycles. The Morgan fingerprint density at radius 3 is 3.00 bits per heavy atom. The highest BCUT2D eigenvalue weighted by atomic mass is 32.2. The molecule has 0 spiro atoms. The molecule has 9 heteroatoms. The Labute approximate surface area is 149 Å². The number of carbonyl (C=O) groups is 1. The number of hydrogen-bond acceptors (Lipinski definition) is 7. The second-order valence-electron chi connectivity index (χ2n) is 5.63. The van der Waals surface area contributed by atoms with Crippen LogP contribution in [0.1, 0.15) is 17.7 Å². The maximum atomic E-state index is 12.8.